The van der Waals surface area contributed by atoms with Crippen LogP contribution in [0.3, 0.4) is 0 Å². The van der Waals surface area contributed by atoms with Gasteiger partial charge >= 0.3 is 5.97 Å². The van der Waals surface area contributed by atoms with Crippen LogP contribution in [0.1, 0.15) is 47.5 Å². The first-order valence-corrected chi connectivity index (χ1v) is 9.52. The highest BCUT2D eigenvalue weighted by atomic mass is 16.4. The number of carboxylic acid groups (broad SMARTS) is 1. The van der Waals surface area contributed by atoms with Crippen molar-refractivity contribution in [3.63, 3.8) is 0 Å². The van der Waals surface area contributed by atoms with Gasteiger partial charge in [-0.05, 0) is 73.3 Å². The Morgan fingerprint density at radius 2 is 1.63 bits per heavy atom. The van der Waals surface area contributed by atoms with Gasteiger partial charge in [-0.1, -0.05) is 18.2 Å². The average molecular weight is 360 g/mol. The minimum atomic E-state index is -0.977. The van der Waals surface area contributed by atoms with Crippen molar-refractivity contribution in [2.45, 2.75) is 31.6 Å². The van der Waals surface area contributed by atoms with Crippen molar-refractivity contribution in [1.82, 2.24) is 0 Å². The van der Waals surface area contributed by atoms with Gasteiger partial charge in [0.2, 0.25) is 0 Å². The first-order chi connectivity index (χ1) is 13.1. The smallest absolute Gasteiger partial charge is 0.335 e. The van der Waals surface area contributed by atoms with E-state index in [9.17, 15) is 9.59 Å². The lowest BCUT2D eigenvalue weighted by atomic mass is 9.89. The fourth-order valence-electron chi connectivity index (χ4n) is 4.14. The van der Waals surface area contributed by atoms with Gasteiger partial charge in [0.25, 0.3) is 0 Å². The van der Waals surface area contributed by atoms with E-state index < -0.39 is 5.97 Å². The van der Waals surface area contributed by atoms with Gasteiger partial charge in [0.15, 0.2) is 5.43 Å². The molecule has 2 fully saturated rings. The molecule has 4 nitrogen and oxygen atoms in total. The highest BCUT2D eigenvalue weighted by Gasteiger charge is 2.42. The predicted molar refractivity (Wildman–Crippen MR) is 103 cm³/mol. The first-order valence-electron chi connectivity index (χ1n) is 9.52. The fourth-order valence-corrected chi connectivity index (χ4v) is 4.14. The molecule has 1 N–H and O–H groups in total. The van der Waals surface area contributed by atoms with Gasteiger partial charge in [-0.2, -0.15) is 0 Å². The van der Waals surface area contributed by atoms with E-state index in [-0.39, 0.29) is 11.0 Å². The van der Waals surface area contributed by atoms with Crippen LogP contribution in [0.15, 0.2) is 57.7 Å². The number of benzene rings is 2. The maximum absolute atomic E-state index is 12.7. The van der Waals surface area contributed by atoms with E-state index in [2.05, 4.69) is 6.07 Å². The Labute approximate surface area is 156 Å². The summed E-state index contributed by atoms with van der Waals surface area (Å²) in [4.78, 5) is 23.7. The second-order valence-corrected chi connectivity index (χ2v) is 7.81. The SMILES string of the molecule is O=C(O)c1ccc(-c2cc(=O)c3cc(C(C4CC4)C4CC4)ccc3o2)cc1. The lowest BCUT2D eigenvalue weighted by molar-refractivity contribution is 0.0697. The number of carboxylic acids is 1. The molecule has 0 saturated heterocycles. The molecule has 0 amide bonds. The van der Waals surface area contributed by atoms with E-state index in [1.165, 1.54) is 49.4 Å². The molecule has 2 saturated carbocycles. The average Bonchev–Trinajstić information content (AvgIpc) is 3.58. The van der Waals surface area contributed by atoms with Crippen LogP contribution in [0.2, 0.25) is 0 Å². The van der Waals surface area contributed by atoms with E-state index in [1.807, 2.05) is 12.1 Å². The van der Waals surface area contributed by atoms with Crippen LogP contribution >= 0.6 is 0 Å². The summed E-state index contributed by atoms with van der Waals surface area (Å²) in [5.41, 5.74) is 2.70. The summed E-state index contributed by atoms with van der Waals surface area (Å²) >= 11 is 0. The third-order valence-electron chi connectivity index (χ3n) is 5.81. The highest BCUT2D eigenvalue weighted by molar-refractivity contribution is 5.88. The monoisotopic (exact) mass is 360 g/mol. The van der Waals surface area contributed by atoms with Crippen LogP contribution in [-0.4, -0.2) is 11.1 Å². The lowest BCUT2D eigenvalue weighted by Crippen LogP contribution is -2.06. The molecule has 3 aromatic rings. The summed E-state index contributed by atoms with van der Waals surface area (Å²) in [6.07, 6.45) is 5.22. The van der Waals surface area contributed by atoms with E-state index in [0.717, 1.165) is 11.8 Å². The molecule has 0 bridgehead atoms. The summed E-state index contributed by atoms with van der Waals surface area (Å²) in [6, 6.07) is 13.9. The normalized spacial score (nSPS) is 16.8. The van der Waals surface area contributed by atoms with Crippen molar-refractivity contribution in [1.29, 1.82) is 0 Å². The molecule has 1 heterocycles. The number of carbonyl (C=O) groups is 1. The molecule has 27 heavy (non-hydrogen) atoms. The first kappa shape index (κ1) is 16.3. The van der Waals surface area contributed by atoms with Crippen molar-refractivity contribution >= 4 is 16.9 Å². The van der Waals surface area contributed by atoms with Crippen molar-refractivity contribution in [2.24, 2.45) is 11.8 Å². The molecule has 0 aliphatic heterocycles. The van der Waals surface area contributed by atoms with E-state index in [1.54, 1.807) is 12.1 Å². The molecule has 0 spiro atoms. The summed E-state index contributed by atoms with van der Waals surface area (Å²) in [5.74, 6) is 1.65. The molecule has 0 atom stereocenters. The molecule has 4 heteroatoms. The number of hydrogen-bond acceptors (Lipinski definition) is 3. The van der Waals surface area contributed by atoms with Crippen molar-refractivity contribution < 1.29 is 14.3 Å². The summed E-state index contributed by atoms with van der Waals surface area (Å²) in [7, 11) is 0. The molecule has 5 rings (SSSR count). The highest BCUT2D eigenvalue weighted by Crippen LogP contribution is 2.54. The standard InChI is InChI=1S/C23H20O4/c24-19-12-21(13-1-7-16(8-2-13)23(25)26)27-20-10-9-17(11-18(19)20)22(14-3-4-14)15-5-6-15/h1-2,7-12,14-15,22H,3-6H2,(H,25,26). The van der Waals surface area contributed by atoms with E-state index in [4.69, 9.17) is 9.52 Å². The van der Waals surface area contributed by atoms with Crippen molar-refractivity contribution in [3.8, 4) is 11.3 Å². The third kappa shape index (κ3) is 3.05. The maximum Gasteiger partial charge on any atom is 0.335 e. The van der Waals surface area contributed by atoms with Gasteiger partial charge in [0, 0.05) is 11.6 Å². The Morgan fingerprint density at radius 1 is 0.963 bits per heavy atom. The number of hydrogen-bond donors (Lipinski definition) is 1. The minimum Gasteiger partial charge on any atom is -0.478 e. The van der Waals surface area contributed by atoms with Crippen LogP contribution in [0, 0.1) is 11.8 Å². The molecular weight excluding hydrogens is 340 g/mol. The van der Waals surface area contributed by atoms with Crippen LogP contribution in [0.25, 0.3) is 22.3 Å². The number of fused-ring (bicyclic) bond motifs is 1. The molecule has 0 radical (unpaired) electrons. The zero-order valence-electron chi connectivity index (χ0n) is 14.9. The Morgan fingerprint density at radius 3 is 2.22 bits per heavy atom. The van der Waals surface area contributed by atoms with Gasteiger partial charge < -0.3 is 9.52 Å². The van der Waals surface area contributed by atoms with E-state index in [0.29, 0.717) is 28.2 Å². The molecule has 136 valence electrons. The second-order valence-electron chi connectivity index (χ2n) is 7.81. The van der Waals surface area contributed by atoms with Crippen LogP contribution in [-0.2, 0) is 0 Å². The van der Waals surface area contributed by atoms with Crippen LogP contribution in [0.4, 0.5) is 0 Å². The quantitative estimate of drug-likeness (QED) is 0.690. The fraction of sp³-hybridized carbons (Fsp3) is 0.304. The molecular formula is C23H20O4. The molecule has 2 aliphatic carbocycles. The molecule has 2 aromatic carbocycles. The molecule has 1 aromatic heterocycles. The van der Waals surface area contributed by atoms with Gasteiger partial charge in [0.05, 0.1) is 10.9 Å². The predicted octanol–water partition coefficient (Wildman–Crippen LogP) is 5.06. The zero-order valence-corrected chi connectivity index (χ0v) is 14.9. The Hall–Kier alpha value is -2.88. The largest absolute Gasteiger partial charge is 0.478 e. The Bertz CT molecular complexity index is 1070. The topological polar surface area (TPSA) is 67.5 Å². The van der Waals surface area contributed by atoms with Gasteiger partial charge in [-0.3, -0.25) is 4.79 Å². The van der Waals surface area contributed by atoms with E-state index >= 15 is 0 Å². The summed E-state index contributed by atoms with van der Waals surface area (Å²) < 4.78 is 5.97. The van der Waals surface area contributed by atoms with Gasteiger partial charge in [0.1, 0.15) is 11.3 Å². The third-order valence-corrected chi connectivity index (χ3v) is 5.81. The molecule has 0 unspecified atom stereocenters. The Balaban J connectivity index is 1.54. The minimum absolute atomic E-state index is 0.0549. The van der Waals surface area contributed by atoms with Gasteiger partial charge in [-0.15, -0.1) is 0 Å². The van der Waals surface area contributed by atoms with Crippen molar-refractivity contribution in [3.05, 3.63) is 69.9 Å². The Kier molecular flexibility index (Phi) is 3.67. The van der Waals surface area contributed by atoms with Crippen LogP contribution < -0.4 is 5.43 Å². The maximum atomic E-state index is 12.7. The lowest BCUT2D eigenvalue weighted by Gasteiger charge is -2.16. The number of rotatable bonds is 5. The zero-order chi connectivity index (χ0) is 18.5. The van der Waals surface area contributed by atoms with Crippen molar-refractivity contribution in [2.75, 3.05) is 0 Å². The van der Waals surface area contributed by atoms with Crippen LogP contribution in [0.5, 0.6) is 0 Å². The summed E-state index contributed by atoms with van der Waals surface area (Å²) in [6.45, 7) is 0. The summed E-state index contributed by atoms with van der Waals surface area (Å²) in [5, 5.41) is 9.65. The second kappa shape index (κ2) is 6.08. The van der Waals surface area contributed by atoms with Gasteiger partial charge in [-0.25, -0.2) is 4.79 Å². The number of aromatic carboxylic acids is 1. The molecule has 2 aliphatic rings.